The van der Waals surface area contributed by atoms with Crippen LogP contribution in [0.2, 0.25) is 0 Å². The number of carbonyl (C=O) groups excluding carboxylic acids is 3. The van der Waals surface area contributed by atoms with Crippen LogP contribution in [0.15, 0.2) is 36.4 Å². The van der Waals surface area contributed by atoms with Crippen molar-refractivity contribution in [3.05, 3.63) is 42.1 Å². The van der Waals surface area contributed by atoms with E-state index < -0.39 is 11.6 Å². The predicted molar refractivity (Wildman–Crippen MR) is 88.6 cm³/mol. The largest absolute Gasteiger partial charge is 0.337 e. The molecule has 0 atom stereocenters. The van der Waals surface area contributed by atoms with Crippen molar-refractivity contribution < 1.29 is 14.4 Å². The van der Waals surface area contributed by atoms with Gasteiger partial charge in [0.2, 0.25) is 0 Å². The number of hydrogen-bond donors (Lipinski definition) is 3. The average Bonchev–Trinajstić information content (AvgIpc) is 3.21. The number of H-pyrrole nitrogens is 1. The van der Waals surface area contributed by atoms with E-state index in [0.717, 1.165) is 5.56 Å². The molecule has 2 saturated heterocycles. The lowest BCUT2D eigenvalue weighted by atomic mass is 9.87. The van der Waals surface area contributed by atoms with Gasteiger partial charge in [-0.1, -0.05) is 30.3 Å². The van der Waals surface area contributed by atoms with E-state index >= 15 is 0 Å². The summed E-state index contributed by atoms with van der Waals surface area (Å²) in [5.74, 6) is -0.466. The van der Waals surface area contributed by atoms with Crippen molar-refractivity contribution in [3.8, 4) is 11.3 Å². The maximum atomic E-state index is 12.7. The van der Waals surface area contributed by atoms with Crippen molar-refractivity contribution in [1.82, 2.24) is 25.7 Å². The van der Waals surface area contributed by atoms with Crippen LogP contribution in [0.4, 0.5) is 4.79 Å². The lowest BCUT2D eigenvalue weighted by molar-refractivity contribution is -0.125. The van der Waals surface area contributed by atoms with Crippen molar-refractivity contribution in [2.45, 2.75) is 18.4 Å². The second-order valence-corrected chi connectivity index (χ2v) is 6.32. The van der Waals surface area contributed by atoms with Crippen LogP contribution in [0.5, 0.6) is 0 Å². The number of likely N-dealkylation sites (tertiary alicyclic amines) is 1. The zero-order chi connectivity index (χ0) is 17.4. The van der Waals surface area contributed by atoms with Crippen LogP contribution in [0, 0.1) is 0 Å². The number of amides is 4. The third-order valence-electron chi connectivity index (χ3n) is 4.80. The fourth-order valence-electron chi connectivity index (χ4n) is 3.33. The van der Waals surface area contributed by atoms with Crippen molar-refractivity contribution in [1.29, 1.82) is 0 Å². The van der Waals surface area contributed by atoms with Crippen LogP contribution >= 0.6 is 0 Å². The van der Waals surface area contributed by atoms with E-state index in [9.17, 15) is 14.4 Å². The topological polar surface area (TPSA) is 107 Å². The molecule has 0 saturated carbocycles. The number of aromatic amines is 1. The molecule has 3 N–H and O–H groups in total. The molecule has 1 spiro atoms. The minimum atomic E-state index is -0.878. The molecule has 2 aliphatic rings. The number of piperidine rings is 1. The van der Waals surface area contributed by atoms with Gasteiger partial charge in [0.1, 0.15) is 11.2 Å². The molecule has 1 aromatic carbocycles. The summed E-state index contributed by atoms with van der Waals surface area (Å²) in [6, 6.07) is 10.9. The molecule has 8 nitrogen and oxygen atoms in total. The molecular weight excluding hydrogens is 322 g/mol. The van der Waals surface area contributed by atoms with Gasteiger partial charge >= 0.3 is 6.03 Å². The Morgan fingerprint density at radius 3 is 2.48 bits per heavy atom. The normalized spacial score (nSPS) is 19.0. The molecule has 2 aromatic rings. The second kappa shape index (κ2) is 5.73. The number of aromatic nitrogens is 2. The number of nitrogens with zero attached hydrogens (tertiary/aromatic N) is 2. The summed E-state index contributed by atoms with van der Waals surface area (Å²) in [6.45, 7) is 0.790. The molecule has 0 bridgehead atoms. The molecule has 8 heteroatoms. The standard InChI is InChI=1S/C17H17N5O3/c23-14(13-10-12(20-21-13)11-4-2-1-3-5-11)22-8-6-17(7-9-22)15(24)18-16(25)19-17/h1-5,10H,6-9H2,(H,20,21)(H2,18,19,24,25). The summed E-state index contributed by atoms with van der Waals surface area (Å²) in [5, 5.41) is 11.9. The van der Waals surface area contributed by atoms with E-state index in [1.54, 1.807) is 11.0 Å². The lowest BCUT2D eigenvalue weighted by Crippen LogP contribution is -2.55. The molecule has 4 rings (SSSR count). The maximum absolute atomic E-state index is 12.7. The summed E-state index contributed by atoms with van der Waals surface area (Å²) in [6.07, 6.45) is 0.798. The molecule has 2 fully saturated rings. The number of hydrogen-bond acceptors (Lipinski definition) is 4. The number of benzene rings is 1. The second-order valence-electron chi connectivity index (χ2n) is 6.32. The molecule has 0 aliphatic carbocycles. The van der Waals surface area contributed by atoms with Crippen LogP contribution < -0.4 is 10.6 Å². The number of urea groups is 1. The monoisotopic (exact) mass is 339 g/mol. The molecule has 3 heterocycles. The Kier molecular flexibility index (Phi) is 3.52. The summed E-state index contributed by atoms with van der Waals surface area (Å²) in [7, 11) is 0. The third-order valence-corrected chi connectivity index (χ3v) is 4.80. The Labute approximate surface area is 143 Å². The molecule has 2 aliphatic heterocycles. The fraction of sp³-hybridized carbons (Fsp3) is 0.294. The van der Waals surface area contributed by atoms with Gasteiger partial charge < -0.3 is 10.2 Å². The first-order chi connectivity index (χ1) is 12.1. The van der Waals surface area contributed by atoms with Gasteiger partial charge in [-0.05, 0) is 18.9 Å². The molecular formula is C17H17N5O3. The Balaban J connectivity index is 1.46. The van der Waals surface area contributed by atoms with Gasteiger partial charge in [0.05, 0.1) is 5.69 Å². The smallest absolute Gasteiger partial charge is 0.322 e. The van der Waals surface area contributed by atoms with Crippen molar-refractivity contribution >= 4 is 17.8 Å². The third kappa shape index (κ3) is 2.65. The number of imide groups is 1. The zero-order valence-electron chi connectivity index (χ0n) is 13.4. The fourth-order valence-corrected chi connectivity index (χ4v) is 3.33. The molecule has 0 unspecified atom stereocenters. The van der Waals surface area contributed by atoms with E-state index in [0.29, 0.717) is 37.3 Å². The average molecular weight is 339 g/mol. The van der Waals surface area contributed by atoms with E-state index in [2.05, 4.69) is 20.8 Å². The highest BCUT2D eigenvalue weighted by atomic mass is 16.2. The van der Waals surface area contributed by atoms with Gasteiger partial charge in [-0.3, -0.25) is 20.0 Å². The van der Waals surface area contributed by atoms with E-state index in [1.807, 2.05) is 30.3 Å². The van der Waals surface area contributed by atoms with Gasteiger partial charge in [-0.15, -0.1) is 0 Å². The summed E-state index contributed by atoms with van der Waals surface area (Å²) in [5.41, 5.74) is 1.17. The van der Waals surface area contributed by atoms with E-state index in [1.165, 1.54) is 0 Å². The van der Waals surface area contributed by atoms with Gasteiger partial charge in [0.15, 0.2) is 0 Å². The van der Waals surface area contributed by atoms with Crippen molar-refractivity contribution in [3.63, 3.8) is 0 Å². The lowest BCUT2D eigenvalue weighted by Gasteiger charge is -2.36. The van der Waals surface area contributed by atoms with Crippen LogP contribution in [-0.2, 0) is 4.79 Å². The maximum Gasteiger partial charge on any atom is 0.322 e. The van der Waals surface area contributed by atoms with Gasteiger partial charge in [-0.2, -0.15) is 5.10 Å². The minimum Gasteiger partial charge on any atom is -0.337 e. The quantitative estimate of drug-likeness (QED) is 0.706. The highest BCUT2D eigenvalue weighted by Gasteiger charge is 2.48. The summed E-state index contributed by atoms with van der Waals surface area (Å²) < 4.78 is 0. The molecule has 128 valence electrons. The Bertz CT molecular complexity index is 837. The predicted octanol–water partition coefficient (Wildman–Crippen LogP) is 0.891. The SMILES string of the molecule is O=C1NC(=O)C2(CCN(C(=O)c3cc(-c4ccccc4)n[nH]3)CC2)N1. The Morgan fingerprint density at radius 2 is 1.84 bits per heavy atom. The highest BCUT2D eigenvalue weighted by molar-refractivity contribution is 6.07. The highest BCUT2D eigenvalue weighted by Crippen LogP contribution is 2.26. The number of rotatable bonds is 2. The molecule has 4 amide bonds. The van der Waals surface area contributed by atoms with Crippen LogP contribution in [0.1, 0.15) is 23.3 Å². The Hall–Kier alpha value is -3.16. The first-order valence-corrected chi connectivity index (χ1v) is 8.11. The number of nitrogens with one attached hydrogen (secondary N) is 3. The summed E-state index contributed by atoms with van der Waals surface area (Å²) >= 11 is 0. The van der Waals surface area contributed by atoms with Gasteiger partial charge in [0, 0.05) is 18.7 Å². The van der Waals surface area contributed by atoms with Crippen LogP contribution in [-0.4, -0.2) is 51.6 Å². The molecule has 0 radical (unpaired) electrons. The van der Waals surface area contributed by atoms with Crippen LogP contribution in [0.3, 0.4) is 0 Å². The summed E-state index contributed by atoms with van der Waals surface area (Å²) in [4.78, 5) is 37.7. The van der Waals surface area contributed by atoms with E-state index in [4.69, 9.17) is 0 Å². The zero-order valence-corrected chi connectivity index (χ0v) is 13.4. The first-order valence-electron chi connectivity index (χ1n) is 8.11. The minimum absolute atomic E-state index is 0.158. The van der Waals surface area contributed by atoms with Crippen molar-refractivity contribution in [2.24, 2.45) is 0 Å². The molecule has 1 aromatic heterocycles. The Morgan fingerprint density at radius 1 is 1.12 bits per heavy atom. The number of carbonyl (C=O) groups is 3. The molecule has 25 heavy (non-hydrogen) atoms. The van der Waals surface area contributed by atoms with Gasteiger partial charge in [0.25, 0.3) is 11.8 Å². The van der Waals surface area contributed by atoms with Crippen molar-refractivity contribution in [2.75, 3.05) is 13.1 Å². The van der Waals surface area contributed by atoms with Crippen LogP contribution in [0.25, 0.3) is 11.3 Å². The van der Waals surface area contributed by atoms with Gasteiger partial charge in [-0.25, -0.2) is 4.79 Å². The first kappa shape index (κ1) is 15.4. The van der Waals surface area contributed by atoms with E-state index in [-0.39, 0.29) is 11.8 Å².